The van der Waals surface area contributed by atoms with Crippen molar-refractivity contribution in [3.8, 4) is 0 Å². The van der Waals surface area contributed by atoms with Crippen LogP contribution in [0.3, 0.4) is 0 Å². The molecule has 5 heteroatoms. The fourth-order valence-corrected chi connectivity index (χ4v) is 1.93. The van der Waals surface area contributed by atoms with Gasteiger partial charge in [-0.1, -0.05) is 0 Å². The zero-order chi connectivity index (χ0) is 12.3. The van der Waals surface area contributed by atoms with Crippen molar-refractivity contribution in [3.05, 3.63) is 0 Å². The molecule has 0 bridgehead atoms. The first-order chi connectivity index (χ1) is 7.40. The Morgan fingerprint density at radius 3 is 2.69 bits per heavy atom. The summed E-state index contributed by atoms with van der Waals surface area (Å²) < 4.78 is 18.3. The van der Waals surface area contributed by atoms with Crippen LogP contribution in [0.15, 0.2) is 0 Å². The SMILES string of the molecule is CCOC(=O)C(F)C1(O)CCN(C(C)C)C1. The van der Waals surface area contributed by atoms with Crippen molar-refractivity contribution in [2.75, 3.05) is 19.7 Å². The van der Waals surface area contributed by atoms with Crippen LogP contribution in [0.5, 0.6) is 0 Å². The Balaban J connectivity index is 2.62. The zero-order valence-corrected chi connectivity index (χ0v) is 10.1. The lowest BCUT2D eigenvalue weighted by molar-refractivity contribution is -0.159. The Bertz CT molecular complexity index is 260. The molecule has 16 heavy (non-hydrogen) atoms. The third-order valence-electron chi connectivity index (χ3n) is 3.00. The Kier molecular flexibility index (Phi) is 4.27. The fourth-order valence-electron chi connectivity index (χ4n) is 1.93. The van der Waals surface area contributed by atoms with Crippen LogP contribution < -0.4 is 0 Å². The molecule has 1 fully saturated rings. The van der Waals surface area contributed by atoms with Gasteiger partial charge in [-0.15, -0.1) is 0 Å². The molecule has 2 atom stereocenters. The molecule has 0 aliphatic carbocycles. The first-order valence-electron chi connectivity index (χ1n) is 5.68. The molecule has 2 unspecified atom stereocenters. The van der Waals surface area contributed by atoms with Crippen molar-refractivity contribution in [3.63, 3.8) is 0 Å². The largest absolute Gasteiger partial charge is 0.464 e. The molecular weight excluding hydrogens is 213 g/mol. The van der Waals surface area contributed by atoms with Crippen molar-refractivity contribution in [2.45, 2.75) is 45.0 Å². The van der Waals surface area contributed by atoms with Crippen LogP contribution in [0.2, 0.25) is 0 Å². The summed E-state index contributed by atoms with van der Waals surface area (Å²) in [5.74, 6) is -0.962. The van der Waals surface area contributed by atoms with E-state index < -0.39 is 17.7 Å². The number of nitrogens with zero attached hydrogens (tertiary/aromatic N) is 1. The van der Waals surface area contributed by atoms with Gasteiger partial charge >= 0.3 is 5.97 Å². The number of hydrogen-bond donors (Lipinski definition) is 1. The second-order valence-electron chi connectivity index (χ2n) is 4.53. The minimum absolute atomic E-state index is 0.128. The number of ether oxygens (including phenoxy) is 1. The number of carbonyl (C=O) groups is 1. The molecule has 0 aromatic carbocycles. The molecule has 1 heterocycles. The lowest BCUT2D eigenvalue weighted by Gasteiger charge is -2.27. The van der Waals surface area contributed by atoms with Crippen molar-refractivity contribution in [2.24, 2.45) is 0 Å². The molecule has 1 N–H and O–H groups in total. The first kappa shape index (κ1) is 13.4. The highest BCUT2D eigenvalue weighted by Gasteiger charge is 2.48. The molecule has 0 aromatic rings. The molecular formula is C11H20FNO3. The van der Waals surface area contributed by atoms with Gasteiger partial charge < -0.3 is 9.84 Å². The number of halogens is 1. The standard InChI is InChI=1S/C11H20FNO3/c1-4-16-10(14)9(12)11(15)5-6-13(7-11)8(2)3/h8-9,15H,4-7H2,1-3H3. The number of carbonyl (C=O) groups excluding carboxylic acids is 1. The van der Waals surface area contributed by atoms with E-state index >= 15 is 0 Å². The molecule has 0 amide bonds. The van der Waals surface area contributed by atoms with Crippen LogP contribution in [0.1, 0.15) is 27.2 Å². The monoisotopic (exact) mass is 233 g/mol. The summed E-state index contributed by atoms with van der Waals surface area (Å²) in [6, 6.07) is 0.239. The normalized spacial score (nSPS) is 28.4. The van der Waals surface area contributed by atoms with E-state index in [1.165, 1.54) is 0 Å². The van der Waals surface area contributed by atoms with Gasteiger partial charge in [0.25, 0.3) is 0 Å². The lowest BCUT2D eigenvalue weighted by atomic mass is 9.97. The molecule has 94 valence electrons. The number of alkyl halides is 1. The number of β-amino-alcohol motifs (C(OH)–C–C–N with tert-alkyl or cyclic N) is 1. The molecule has 1 aliphatic heterocycles. The van der Waals surface area contributed by atoms with E-state index in [9.17, 15) is 14.3 Å². The predicted octanol–water partition coefficient (Wildman–Crippen LogP) is 0.733. The topological polar surface area (TPSA) is 49.8 Å². The minimum Gasteiger partial charge on any atom is -0.464 e. The van der Waals surface area contributed by atoms with E-state index in [4.69, 9.17) is 0 Å². The first-order valence-corrected chi connectivity index (χ1v) is 5.68. The van der Waals surface area contributed by atoms with E-state index in [-0.39, 0.29) is 25.6 Å². The molecule has 4 nitrogen and oxygen atoms in total. The van der Waals surface area contributed by atoms with Gasteiger partial charge in [0.2, 0.25) is 6.17 Å². The van der Waals surface area contributed by atoms with Crippen LogP contribution in [0.4, 0.5) is 4.39 Å². The highest BCUT2D eigenvalue weighted by Crippen LogP contribution is 2.28. The molecule has 0 saturated carbocycles. The maximum absolute atomic E-state index is 13.8. The summed E-state index contributed by atoms with van der Waals surface area (Å²) in [7, 11) is 0. The third kappa shape index (κ3) is 2.71. The number of hydrogen-bond acceptors (Lipinski definition) is 4. The minimum atomic E-state index is -1.95. The molecule has 1 aliphatic rings. The quantitative estimate of drug-likeness (QED) is 0.727. The van der Waals surface area contributed by atoms with Crippen molar-refractivity contribution >= 4 is 5.97 Å². The predicted molar refractivity (Wildman–Crippen MR) is 57.8 cm³/mol. The van der Waals surface area contributed by atoms with Crippen molar-refractivity contribution in [1.82, 2.24) is 4.90 Å². The third-order valence-corrected chi connectivity index (χ3v) is 3.00. The highest BCUT2D eigenvalue weighted by molar-refractivity contribution is 5.76. The lowest BCUT2D eigenvalue weighted by Crippen LogP contribution is -2.48. The smallest absolute Gasteiger partial charge is 0.343 e. The number of rotatable bonds is 4. The van der Waals surface area contributed by atoms with Gasteiger partial charge in [-0.05, 0) is 27.2 Å². The van der Waals surface area contributed by atoms with Crippen LogP contribution in [-0.2, 0) is 9.53 Å². The average molecular weight is 233 g/mol. The molecule has 1 rings (SSSR count). The summed E-state index contributed by atoms with van der Waals surface area (Å²) in [5, 5.41) is 10.1. The molecule has 0 spiro atoms. The van der Waals surface area contributed by atoms with E-state index in [0.717, 1.165) is 0 Å². The number of likely N-dealkylation sites (tertiary alicyclic amines) is 1. The van der Waals surface area contributed by atoms with Gasteiger partial charge in [-0.2, -0.15) is 0 Å². The van der Waals surface area contributed by atoms with Crippen LogP contribution in [0.25, 0.3) is 0 Å². The zero-order valence-electron chi connectivity index (χ0n) is 10.1. The van der Waals surface area contributed by atoms with Gasteiger partial charge in [0.05, 0.1) is 6.61 Å². The maximum atomic E-state index is 13.8. The molecule has 0 aromatic heterocycles. The molecule has 0 radical (unpaired) electrons. The van der Waals surface area contributed by atoms with Gasteiger partial charge in [0.1, 0.15) is 5.60 Å². The second kappa shape index (κ2) is 5.10. The number of esters is 1. The highest BCUT2D eigenvalue weighted by atomic mass is 19.1. The van der Waals surface area contributed by atoms with Gasteiger partial charge in [0.15, 0.2) is 0 Å². The average Bonchev–Trinajstić information content (AvgIpc) is 2.61. The maximum Gasteiger partial charge on any atom is 0.343 e. The van der Waals surface area contributed by atoms with Crippen LogP contribution >= 0.6 is 0 Å². The van der Waals surface area contributed by atoms with Crippen LogP contribution in [-0.4, -0.2) is 53.5 Å². The van der Waals surface area contributed by atoms with Crippen LogP contribution in [0, 0.1) is 0 Å². The van der Waals surface area contributed by atoms with E-state index in [1.807, 2.05) is 18.7 Å². The van der Waals surface area contributed by atoms with E-state index in [2.05, 4.69) is 4.74 Å². The Morgan fingerprint density at radius 2 is 2.25 bits per heavy atom. The summed E-state index contributed by atoms with van der Waals surface area (Å²) in [5.41, 5.74) is -1.59. The number of aliphatic hydroxyl groups is 1. The Morgan fingerprint density at radius 1 is 1.62 bits per heavy atom. The van der Waals surface area contributed by atoms with Crippen molar-refractivity contribution in [1.29, 1.82) is 0 Å². The summed E-state index contributed by atoms with van der Waals surface area (Å²) in [6.07, 6.45) is -1.68. The Hall–Kier alpha value is -0.680. The van der Waals surface area contributed by atoms with Gasteiger partial charge in [0, 0.05) is 19.1 Å². The van der Waals surface area contributed by atoms with Gasteiger partial charge in [-0.3, -0.25) is 4.90 Å². The summed E-state index contributed by atoms with van der Waals surface area (Å²) in [4.78, 5) is 13.2. The summed E-state index contributed by atoms with van der Waals surface area (Å²) >= 11 is 0. The van der Waals surface area contributed by atoms with Gasteiger partial charge in [-0.25, -0.2) is 9.18 Å². The Labute approximate surface area is 95.4 Å². The fraction of sp³-hybridized carbons (Fsp3) is 0.909. The van der Waals surface area contributed by atoms with E-state index in [0.29, 0.717) is 6.54 Å². The molecule has 1 saturated heterocycles. The second-order valence-corrected chi connectivity index (χ2v) is 4.53. The van der Waals surface area contributed by atoms with E-state index in [1.54, 1.807) is 6.92 Å². The summed E-state index contributed by atoms with van der Waals surface area (Å²) in [6.45, 7) is 6.48. The van der Waals surface area contributed by atoms with Crippen molar-refractivity contribution < 1.29 is 19.0 Å².